The molecule has 2 heterocycles. The van der Waals surface area contributed by atoms with Gasteiger partial charge in [-0.1, -0.05) is 11.6 Å². The van der Waals surface area contributed by atoms with Crippen molar-refractivity contribution >= 4 is 23.3 Å². The summed E-state index contributed by atoms with van der Waals surface area (Å²) in [5, 5.41) is 3.58. The first-order chi connectivity index (χ1) is 14.0. The van der Waals surface area contributed by atoms with Crippen LogP contribution in [0.2, 0.25) is 5.02 Å². The van der Waals surface area contributed by atoms with Gasteiger partial charge in [0.15, 0.2) is 11.5 Å². The quantitative estimate of drug-likeness (QED) is 0.683. The summed E-state index contributed by atoms with van der Waals surface area (Å²) in [7, 11) is 4.72. The summed E-state index contributed by atoms with van der Waals surface area (Å²) in [5.74, 6) is 1.96. The van der Waals surface area contributed by atoms with E-state index in [1.165, 1.54) is 0 Å². The van der Waals surface area contributed by atoms with Crippen molar-refractivity contribution < 1.29 is 19.0 Å². The molecule has 0 radical (unpaired) electrons. The van der Waals surface area contributed by atoms with Crippen LogP contribution in [-0.4, -0.2) is 36.8 Å². The van der Waals surface area contributed by atoms with Crippen molar-refractivity contribution in [3.63, 3.8) is 0 Å². The van der Waals surface area contributed by atoms with E-state index in [0.29, 0.717) is 28.1 Å². The number of anilines is 1. The van der Waals surface area contributed by atoms with E-state index in [-0.39, 0.29) is 18.2 Å². The standard InChI is InChI=1S/C21H20ClN3O4/c1-27-16-10-18(29-3)17(28-2)8-14(16)15-9-19(26)24-21-20(15)23-11-25(21)13-6-4-12(22)5-7-13/h4-8,10-11,15H,9H2,1-3H3,(H,24,26)/t15-/m1/s1. The molecule has 1 aliphatic rings. The Morgan fingerprint density at radius 3 is 2.34 bits per heavy atom. The fraction of sp³-hybridized carbons (Fsp3) is 0.238. The molecule has 150 valence electrons. The molecule has 0 fully saturated rings. The maximum absolute atomic E-state index is 12.6. The third-order valence-corrected chi connectivity index (χ3v) is 5.24. The minimum Gasteiger partial charge on any atom is -0.496 e. The van der Waals surface area contributed by atoms with Crippen LogP contribution >= 0.6 is 11.6 Å². The van der Waals surface area contributed by atoms with Gasteiger partial charge < -0.3 is 19.5 Å². The first-order valence-electron chi connectivity index (χ1n) is 8.98. The van der Waals surface area contributed by atoms with Crippen molar-refractivity contribution in [2.24, 2.45) is 0 Å². The molecule has 1 aromatic heterocycles. The minimum atomic E-state index is -0.290. The zero-order valence-electron chi connectivity index (χ0n) is 16.2. The van der Waals surface area contributed by atoms with Gasteiger partial charge >= 0.3 is 0 Å². The maximum Gasteiger partial charge on any atom is 0.226 e. The number of methoxy groups -OCH3 is 3. The van der Waals surface area contributed by atoms with Gasteiger partial charge in [-0.15, -0.1) is 0 Å². The van der Waals surface area contributed by atoms with Gasteiger partial charge in [0.1, 0.15) is 17.9 Å². The molecule has 1 aliphatic heterocycles. The van der Waals surface area contributed by atoms with Gasteiger partial charge in [-0.25, -0.2) is 4.98 Å². The number of amides is 1. The molecule has 1 N–H and O–H groups in total. The molecule has 0 saturated carbocycles. The normalized spacial score (nSPS) is 15.4. The number of rotatable bonds is 5. The lowest BCUT2D eigenvalue weighted by atomic mass is 9.88. The van der Waals surface area contributed by atoms with E-state index in [1.54, 1.807) is 45.9 Å². The topological polar surface area (TPSA) is 74.6 Å². The Morgan fingerprint density at radius 2 is 1.69 bits per heavy atom. The second-order valence-corrected chi connectivity index (χ2v) is 7.02. The highest BCUT2D eigenvalue weighted by atomic mass is 35.5. The van der Waals surface area contributed by atoms with Gasteiger partial charge in [-0.05, 0) is 30.3 Å². The molecule has 1 atom stereocenters. The number of carbonyl (C=O) groups excluding carboxylic acids is 1. The zero-order valence-corrected chi connectivity index (χ0v) is 17.0. The first kappa shape index (κ1) is 19.1. The number of hydrogen-bond donors (Lipinski definition) is 1. The lowest BCUT2D eigenvalue weighted by molar-refractivity contribution is -0.116. The number of benzene rings is 2. The Morgan fingerprint density at radius 1 is 1.03 bits per heavy atom. The molecule has 3 aromatic rings. The number of aromatic nitrogens is 2. The smallest absolute Gasteiger partial charge is 0.226 e. The van der Waals surface area contributed by atoms with Gasteiger partial charge in [-0.3, -0.25) is 9.36 Å². The summed E-state index contributed by atoms with van der Waals surface area (Å²) in [5.41, 5.74) is 2.41. The van der Waals surface area contributed by atoms with Crippen LogP contribution in [0.3, 0.4) is 0 Å². The predicted molar refractivity (Wildman–Crippen MR) is 110 cm³/mol. The molecule has 0 bridgehead atoms. The predicted octanol–water partition coefficient (Wildman–Crippen LogP) is 4.03. The Bertz CT molecular complexity index is 1060. The molecule has 1 amide bonds. The van der Waals surface area contributed by atoms with Crippen LogP contribution in [0.1, 0.15) is 23.6 Å². The minimum absolute atomic E-state index is 0.102. The van der Waals surface area contributed by atoms with Crippen LogP contribution in [-0.2, 0) is 4.79 Å². The SMILES string of the molecule is COc1cc(OC)c([C@H]2CC(=O)Nc3c2ncn3-c2ccc(Cl)cc2)cc1OC. The number of nitrogens with one attached hydrogen (secondary N) is 1. The number of fused-ring (bicyclic) bond motifs is 1. The molecular formula is C21H20ClN3O4. The second kappa shape index (κ2) is 7.67. The fourth-order valence-electron chi connectivity index (χ4n) is 3.59. The van der Waals surface area contributed by atoms with Gasteiger partial charge in [0.05, 0.1) is 27.0 Å². The Balaban J connectivity index is 1.84. The summed E-state index contributed by atoms with van der Waals surface area (Å²) in [6.07, 6.45) is 1.94. The molecule has 2 aromatic carbocycles. The number of carbonyl (C=O) groups is 1. The molecule has 0 unspecified atom stereocenters. The van der Waals surface area contributed by atoms with Crippen molar-refractivity contribution in [2.75, 3.05) is 26.6 Å². The van der Waals surface area contributed by atoms with E-state index in [4.69, 9.17) is 25.8 Å². The monoisotopic (exact) mass is 413 g/mol. The van der Waals surface area contributed by atoms with Crippen molar-refractivity contribution in [3.8, 4) is 22.9 Å². The van der Waals surface area contributed by atoms with Crippen LogP contribution in [0.15, 0.2) is 42.7 Å². The summed E-state index contributed by atoms with van der Waals surface area (Å²) in [6.45, 7) is 0. The van der Waals surface area contributed by atoms with Crippen molar-refractivity contribution in [1.29, 1.82) is 0 Å². The molecule has 4 rings (SSSR count). The average molecular weight is 414 g/mol. The number of ether oxygens (including phenoxy) is 3. The summed E-state index contributed by atoms with van der Waals surface area (Å²) in [6, 6.07) is 10.9. The van der Waals surface area contributed by atoms with E-state index in [1.807, 2.05) is 22.8 Å². The number of halogens is 1. The van der Waals surface area contributed by atoms with Crippen LogP contribution in [0.4, 0.5) is 5.82 Å². The van der Waals surface area contributed by atoms with E-state index < -0.39 is 0 Å². The van der Waals surface area contributed by atoms with Crippen LogP contribution in [0.5, 0.6) is 17.2 Å². The lowest BCUT2D eigenvalue weighted by Crippen LogP contribution is -2.25. The van der Waals surface area contributed by atoms with E-state index in [9.17, 15) is 4.79 Å². The third-order valence-electron chi connectivity index (χ3n) is 4.99. The molecule has 7 nitrogen and oxygen atoms in total. The first-order valence-corrected chi connectivity index (χ1v) is 9.36. The van der Waals surface area contributed by atoms with Gasteiger partial charge in [0, 0.05) is 34.7 Å². The van der Waals surface area contributed by atoms with Crippen molar-refractivity contribution in [2.45, 2.75) is 12.3 Å². The highest BCUT2D eigenvalue weighted by Gasteiger charge is 2.33. The maximum atomic E-state index is 12.6. The summed E-state index contributed by atoms with van der Waals surface area (Å²) in [4.78, 5) is 17.2. The Labute approximate surface area is 173 Å². The van der Waals surface area contributed by atoms with E-state index in [2.05, 4.69) is 10.3 Å². The third kappa shape index (κ3) is 3.38. The van der Waals surface area contributed by atoms with E-state index >= 15 is 0 Å². The van der Waals surface area contributed by atoms with Gasteiger partial charge in [-0.2, -0.15) is 0 Å². The Kier molecular flexibility index (Phi) is 5.07. The summed E-state index contributed by atoms with van der Waals surface area (Å²) < 4.78 is 18.2. The molecule has 0 aliphatic carbocycles. The molecule has 29 heavy (non-hydrogen) atoms. The van der Waals surface area contributed by atoms with Crippen LogP contribution in [0.25, 0.3) is 5.69 Å². The van der Waals surface area contributed by atoms with E-state index in [0.717, 1.165) is 16.9 Å². The Hall–Kier alpha value is -3.19. The fourth-order valence-corrected chi connectivity index (χ4v) is 3.71. The molecule has 0 spiro atoms. The highest BCUT2D eigenvalue weighted by molar-refractivity contribution is 6.30. The second-order valence-electron chi connectivity index (χ2n) is 6.58. The average Bonchev–Trinajstić information content (AvgIpc) is 3.16. The highest BCUT2D eigenvalue weighted by Crippen LogP contribution is 2.44. The molecule has 0 saturated heterocycles. The lowest BCUT2D eigenvalue weighted by Gasteiger charge is -2.25. The van der Waals surface area contributed by atoms with Crippen LogP contribution in [0, 0.1) is 0 Å². The summed E-state index contributed by atoms with van der Waals surface area (Å²) >= 11 is 6.00. The number of imidazole rings is 1. The van der Waals surface area contributed by atoms with Gasteiger partial charge in [0.25, 0.3) is 0 Å². The van der Waals surface area contributed by atoms with Gasteiger partial charge in [0.2, 0.25) is 5.91 Å². The van der Waals surface area contributed by atoms with Crippen molar-refractivity contribution in [3.05, 3.63) is 59.0 Å². The molecular weight excluding hydrogens is 394 g/mol. The van der Waals surface area contributed by atoms with Crippen LogP contribution < -0.4 is 19.5 Å². The zero-order chi connectivity index (χ0) is 20.5. The van der Waals surface area contributed by atoms with Crippen molar-refractivity contribution in [1.82, 2.24) is 9.55 Å². The molecule has 8 heteroatoms. The number of hydrogen-bond acceptors (Lipinski definition) is 5. The number of nitrogens with zero attached hydrogens (tertiary/aromatic N) is 2. The largest absolute Gasteiger partial charge is 0.496 e.